The summed E-state index contributed by atoms with van der Waals surface area (Å²) < 4.78 is 1.33. The molecule has 3 heteroatoms. The molecule has 1 nitrogen and oxygen atoms in total. The topological polar surface area (TPSA) is 26.0 Å². The number of hydrogen-bond donors (Lipinski definition) is 1. The Bertz CT molecular complexity index is 268. The highest BCUT2D eigenvalue weighted by Crippen LogP contribution is 2.27. The smallest absolute Gasteiger partial charge is 0.0656 e. The number of thiophene rings is 1. The van der Waals surface area contributed by atoms with Gasteiger partial charge in [-0.3, -0.25) is 0 Å². The number of rotatable bonds is 5. The second-order valence-corrected chi connectivity index (χ2v) is 6.51. The summed E-state index contributed by atoms with van der Waals surface area (Å²) in [5.74, 6) is 0.780. The Labute approximate surface area is 104 Å². The number of nitrogens with two attached hydrogens (primary N) is 1. The van der Waals surface area contributed by atoms with Gasteiger partial charge in [-0.1, -0.05) is 26.7 Å². The minimum absolute atomic E-state index is 0.236. The summed E-state index contributed by atoms with van der Waals surface area (Å²) >= 11 is 4.13. The molecule has 0 saturated heterocycles. The molecule has 0 aliphatic heterocycles. The van der Waals surface area contributed by atoms with Gasteiger partial charge in [0.2, 0.25) is 0 Å². The van der Waals surface area contributed by atoms with Crippen molar-refractivity contribution in [3.63, 3.8) is 0 Å². The molecule has 1 unspecified atom stereocenters. The van der Waals surface area contributed by atoms with E-state index in [4.69, 9.17) is 5.73 Å². The molecule has 1 heterocycles. The van der Waals surface area contributed by atoms with E-state index in [-0.39, 0.29) is 6.04 Å². The Morgan fingerprint density at radius 1 is 1.43 bits per heavy atom. The molecule has 0 fully saturated rings. The molecule has 0 aliphatic rings. The maximum absolute atomic E-state index is 6.16. The second-order valence-electron chi connectivity index (χ2n) is 3.71. The van der Waals surface area contributed by atoms with E-state index in [1.807, 2.05) is 0 Å². The third-order valence-corrected chi connectivity index (χ3v) is 4.57. The zero-order valence-electron chi connectivity index (χ0n) is 8.79. The van der Waals surface area contributed by atoms with Gasteiger partial charge < -0.3 is 5.73 Å². The fourth-order valence-corrected chi connectivity index (χ4v) is 3.07. The Balaban J connectivity index is 2.53. The molecule has 1 atom stereocenters. The van der Waals surface area contributed by atoms with Gasteiger partial charge in [0.05, 0.1) is 2.88 Å². The quantitative estimate of drug-likeness (QED) is 0.808. The molecule has 2 N–H and O–H groups in total. The van der Waals surface area contributed by atoms with Crippen LogP contribution in [-0.4, -0.2) is 0 Å². The highest BCUT2D eigenvalue weighted by molar-refractivity contribution is 14.1. The highest BCUT2D eigenvalue weighted by atomic mass is 127. The van der Waals surface area contributed by atoms with Crippen LogP contribution in [0, 0.1) is 8.80 Å². The van der Waals surface area contributed by atoms with E-state index in [1.54, 1.807) is 11.3 Å². The lowest BCUT2D eigenvalue weighted by molar-refractivity contribution is 0.415. The van der Waals surface area contributed by atoms with E-state index in [9.17, 15) is 0 Å². The van der Waals surface area contributed by atoms with Crippen LogP contribution in [0.15, 0.2) is 11.4 Å². The summed E-state index contributed by atoms with van der Waals surface area (Å²) in [7, 11) is 0. The number of hydrogen-bond acceptors (Lipinski definition) is 2. The Morgan fingerprint density at radius 2 is 2.07 bits per heavy atom. The molecule has 1 aromatic rings. The van der Waals surface area contributed by atoms with Gasteiger partial charge >= 0.3 is 0 Å². The van der Waals surface area contributed by atoms with Gasteiger partial charge in [-0.2, -0.15) is 0 Å². The van der Waals surface area contributed by atoms with E-state index in [0.717, 1.165) is 12.3 Å². The molecule has 80 valence electrons. The lowest BCUT2D eigenvalue weighted by atomic mass is 9.93. The van der Waals surface area contributed by atoms with Crippen molar-refractivity contribution in [1.29, 1.82) is 0 Å². The first kappa shape index (κ1) is 12.5. The zero-order chi connectivity index (χ0) is 10.6. The first-order valence-electron chi connectivity index (χ1n) is 5.16. The van der Waals surface area contributed by atoms with Crippen LogP contribution >= 0.6 is 33.9 Å². The molecule has 0 aromatic carbocycles. The maximum atomic E-state index is 6.16. The van der Waals surface area contributed by atoms with Crippen molar-refractivity contribution in [2.45, 2.75) is 39.2 Å². The molecule has 0 saturated carbocycles. The van der Waals surface area contributed by atoms with Gasteiger partial charge in [-0.15, -0.1) is 11.3 Å². The van der Waals surface area contributed by atoms with Crippen molar-refractivity contribution in [3.8, 4) is 0 Å². The standard InChI is InChI=1S/C11H18INS/c1-3-8(4-2)5-10(13)9-6-11(12)14-7-9/h6-8,10H,3-5,13H2,1-2H3. The normalized spacial score (nSPS) is 13.5. The van der Waals surface area contributed by atoms with Crippen molar-refractivity contribution in [3.05, 3.63) is 19.9 Å². The predicted octanol–water partition coefficient (Wildman–Crippen LogP) is 4.18. The number of halogens is 1. The maximum Gasteiger partial charge on any atom is 0.0656 e. The molecular weight excluding hydrogens is 305 g/mol. The first-order valence-corrected chi connectivity index (χ1v) is 7.12. The second kappa shape index (κ2) is 6.08. The molecule has 1 rings (SSSR count). The average molecular weight is 323 g/mol. The molecule has 14 heavy (non-hydrogen) atoms. The van der Waals surface area contributed by atoms with Gasteiger partial charge in [0.15, 0.2) is 0 Å². The van der Waals surface area contributed by atoms with Crippen LogP contribution in [0.5, 0.6) is 0 Å². The Kier molecular flexibility index (Phi) is 5.41. The summed E-state index contributed by atoms with van der Waals surface area (Å²) in [4.78, 5) is 0. The highest BCUT2D eigenvalue weighted by Gasteiger charge is 2.13. The van der Waals surface area contributed by atoms with E-state index in [0.29, 0.717) is 0 Å². The zero-order valence-corrected chi connectivity index (χ0v) is 11.8. The van der Waals surface area contributed by atoms with E-state index in [2.05, 4.69) is 47.9 Å². The fraction of sp³-hybridized carbons (Fsp3) is 0.636. The van der Waals surface area contributed by atoms with Gasteiger partial charge in [0, 0.05) is 6.04 Å². The molecule has 0 bridgehead atoms. The fourth-order valence-electron chi connectivity index (χ4n) is 1.64. The third-order valence-electron chi connectivity index (χ3n) is 2.76. The predicted molar refractivity (Wildman–Crippen MR) is 72.7 cm³/mol. The van der Waals surface area contributed by atoms with Crippen molar-refractivity contribution < 1.29 is 0 Å². The van der Waals surface area contributed by atoms with Crippen LogP contribution in [0.2, 0.25) is 0 Å². The van der Waals surface area contributed by atoms with Crippen LogP contribution in [0.3, 0.4) is 0 Å². The van der Waals surface area contributed by atoms with Crippen molar-refractivity contribution in [2.24, 2.45) is 11.7 Å². The molecule has 0 amide bonds. The molecule has 0 aliphatic carbocycles. The van der Waals surface area contributed by atoms with Crippen LogP contribution in [0.1, 0.15) is 44.7 Å². The summed E-state index contributed by atoms with van der Waals surface area (Å²) in [6, 6.07) is 2.44. The van der Waals surface area contributed by atoms with Crippen molar-refractivity contribution in [1.82, 2.24) is 0 Å². The van der Waals surface area contributed by atoms with Crippen LogP contribution in [-0.2, 0) is 0 Å². The third kappa shape index (κ3) is 3.51. The average Bonchev–Trinajstić information content (AvgIpc) is 2.61. The Hall–Kier alpha value is 0.390. The van der Waals surface area contributed by atoms with E-state index in [1.165, 1.54) is 21.3 Å². The van der Waals surface area contributed by atoms with Gasteiger partial charge in [0.25, 0.3) is 0 Å². The lowest BCUT2D eigenvalue weighted by Crippen LogP contribution is -2.14. The molecule has 1 aromatic heterocycles. The van der Waals surface area contributed by atoms with E-state index >= 15 is 0 Å². The SMILES string of the molecule is CCC(CC)CC(N)c1csc(I)c1. The van der Waals surface area contributed by atoms with Crippen molar-refractivity contribution >= 4 is 33.9 Å². The molecule has 0 spiro atoms. The van der Waals surface area contributed by atoms with Gasteiger partial charge in [0.1, 0.15) is 0 Å². The monoisotopic (exact) mass is 323 g/mol. The van der Waals surface area contributed by atoms with Crippen LogP contribution < -0.4 is 5.73 Å². The minimum atomic E-state index is 0.236. The minimum Gasteiger partial charge on any atom is -0.324 e. The van der Waals surface area contributed by atoms with Crippen LogP contribution in [0.25, 0.3) is 0 Å². The summed E-state index contributed by atoms with van der Waals surface area (Å²) in [5, 5.41) is 2.19. The van der Waals surface area contributed by atoms with Gasteiger partial charge in [-0.05, 0) is 51.9 Å². The summed E-state index contributed by atoms with van der Waals surface area (Å²) in [6.07, 6.45) is 3.61. The summed E-state index contributed by atoms with van der Waals surface area (Å²) in [5.41, 5.74) is 7.48. The van der Waals surface area contributed by atoms with Gasteiger partial charge in [-0.25, -0.2) is 0 Å². The first-order chi connectivity index (χ1) is 6.67. The van der Waals surface area contributed by atoms with Crippen LogP contribution in [0.4, 0.5) is 0 Å². The molecular formula is C11H18INS. The molecule has 0 radical (unpaired) electrons. The lowest BCUT2D eigenvalue weighted by Gasteiger charge is -2.17. The Morgan fingerprint density at radius 3 is 2.50 bits per heavy atom. The summed E-state index contributed by atoms with van der Waals surface area (Å²) in [6.45, 7) is 4.50. The van der Waals surface area contributed by atoms with E-state index < -0.39 is 0 Å². The largest absolute Gasteiger partial charge is 0.324 e. The van der Waals surface area contributed by atoms with Crippen molar-refractivity contribution in [2.75, 3.05) is 0 Å².